The molecular weight excluding hydrogens is 339 g/mol. The number of hydrogen-bond donors (Lipinski definition) is 1. The van der Waals surface area contributed by atoms with Crippen molar-refractivity contribution in [2.45, 2.75) is 19.2 Å². The standard InChI is InChI=1S/C17H14F3NO2S/c1-2-21-16-13(10-4-3-5-12(8-10)17(18,19)20)14(22)15(23-16)11-6-7-24-9-11/h3-9,15,21H,2H2,1H3. The van der Waals surface area contributed by atoms with Gasteiger partial charge in [0, 0.05) is 12.1 Å². The van der Waals surface area contributed by atoms with Crippen LogP contribution in [-0.4, -0.2) is 12.3 Å². The summed E-state index contributed by atoms with van der Waals surface area (Å²) in [5, 5.41) is 6.55. The number of carbonyl (C=O) groups excluding carboxylic acids is 1. The van der Waals surface area contributed by atoms with Gasteiger partial charge in [0.15, 0.2) is 12.0 Å². The molecule has 0 saturated heterocycles. The maximum Gasteiger partial charge on any atom is 0.416 e. The van der Waals surface area contributed by atoms with Crippen LogP contribution in [0.5, 0.6) is 0 Å². The minimum absolute atomic E-state index is 0.152. The summed E-state index contributed by atoms with van der Waals surface area (Å²) in [5.74, 6) is -0.123. The van der Waals surface area contributed by atoms with Crippen molar-refractivity contribution in [1.82, 2.24) is 5.32 Å². The van der Waals surface area contributed by atoms with Gasteiger partial charge >= 0.3 is 6.18 Å². The fourth-order valence-corrected chi connectivity index (χ4v) is 3.21. The van der Waals surface area contributed by atoms with Crippen LogP contribution in [0.3, 0.4) is 0 Å². The van der Waals surface area contributed by atoms with Crippen molar-refractivity contribution in [3.63, 3.8) is 0 Å². The van der Waals surface area contributed by atoms with Gasteiger partial charge in [0.1, 0.15) is 0 Å². The van der Waals surface area contributed by atoms with E-state index in [9.17, 15) is 18.0 Å². The van der Waals surface area contributed by atoms with Crippen LogP contribution in [-0.2, 0) is 15.7 Å². The van der Waals surface area contributed by atoms with E-state index < -0.39 is 17.8 Å². The Morgan fingerprint density at radius 2 is 2.08 bits per heavy atom. The van der Waals surface area contributed by atoms with E-state index in [1.807, 2.05) is 12.3 Å². The molecule has 24 heavy (non-hydrogen) atoms. The lowest BCUT2D eigenvalue weighted by atomic mass is 9.97. The van der Waals surface area contributed by atoms with Crippen LogP contribution in [0, 0.1) is 0 Å². The van der Waals surface area contributed by atoms with E-state index in [1.165, 1.54) is 23.5 Å². The number of ether oxygens (including phenoxy) is 1. The third-order valence-corrected chi connectivity index (χ3v) is 4.31. The topological polar surface area (TPSA) is 38.3 Å². The molecule has 1 aliphatic heterocycles. The fourth-order valence-electron chi connectivity index (χ4n) is 2.53. The van der Waals surface area contributed by atoms with Crippen LogP contribution in [0.4, 0.5) is 13.2 Å². The second-order valence-electron chi connectivity index (χ2n) is 5.23. The molecule has 3 rings (SSSR count). The highest BCUT2D eigenvalue weighted by molar-refractivity contribution is 7.08. The number of halogens is 3. The van der Waals surface area contributed by atoms with Gasteiger partial charge in [0.2, 0.25) is 5.78 Å². The van der Waals surface area contributed by atoms with Gasteiger partial charge in [-0.25, -0.2) is 0 Å². The zero-order valence-electron chi connectivity index (χ0n) is 12.7. The van der Waals surface area contributed by atoms with Crippen molar-refractivity contribution in [3.05, 3.63) is 63.7 Å². The molecule has 126 valence electrons. The van der Waals surface area contributed by atoms with Crippen LogP contribution >= 0.6 is 11.3 Å². The molecule has 0 amide bonds. The smallest absolute Gasteiger partial charge is 0.416 e. The highest BCUT2D eigenvalue weighted by atomic mass is 32.1. The fraction of sp³-hybridized carbons (Fsp3) is 0.235. The molecule has 0 aliphatic carbocycles. The predicted octanol–water partition coefficient (Wildman–Crippen LogP) is 4.39. The Morgan fingerprint density at radius 3 is 2.71 bits per heavy atom. The quantitative estimate of drug-likeness (QED) is 0.886. The normalized spacial score (nSPS) is 18.0. The molecule has 3 nitrogen and oxygen atoms in total. The van der Waals surface area contributed by atoms with E-state index >= 15 is 0 Å². The van der Waals surface area contributed by atoms with E-state index in [-0.39, 0.29) is 22.8 Å². The van der Waals surface area contributed by atoms with Crippen LogP contribution in [0.1, 0.15) is 29.7 Å². The maximum absolute atomic E-state index is 13.0. The van der Waals surface area contributed by atoms with Gasteiger partial charge in [0.25, 0.3) is 0 Å². The molecule has 7 heteroatoms. The number of rotatable bonds is 4. The van der Waals surface area contributed by atoms with Crippen molar-refractivity contribution < 1.29 is 22.7 Å². The lowest BCUT2D eigenvalue weighted by molar-refractivity contribution is -0.137. The summed E-state index contributed by atoms with van der Waals surface area (Å²) in [6.45, 7) is 2.31. The van der Waals surface area contributed by atoms with Crippen molar-refractivity contribution in [1.29, 1.82) is 0 Å². The lowest BCUT2D eigenvalue weighted by Gasteiger charge is -2.10. The molecule has 1 N–H and O–H groups in total. The van der Waals surface area contributed by atoms with E-state index in [4.69, 9.17) is 4.74 Å². The summed E-state index contributed by atoms with van der Waals surface area (Å²) >= 11 is 1.43. The van der Waals surface area contributed by atoms with E-state index in [1.54, 1.807) is 11.4 Å². The lowest BCUT2D eigenvalue weighted by Crippen LogP contribution is -2.14. The van der Waals surface area contributed by atoms with E-state index in [0.29, 0.717) is 12.1 Å². The number of carbonyl (C=O) groups is 1. The number of thiophene rings is 1. The first-order chi connectivity index (χ1) is 11.4. The Morgan fingerprint density at radius 1 is 1.29 bits per heavy atom. The van der Waals surface area contributed by atoms with Crippen LogP contribution in [0.2, 0.25) is 0 Å². The van der Waals surface area contributed by atoms with Crippen LogP contribution in [0.15, 0.2) is 47.0 Å². The number of benzene rings is 1. The average molecular weight is 353 g/mol. The maximum atomic E-state index is 13.0. The van der Waals surface area contributed by atoms with Crippen LogP contribution < -0.4 is 5.32 Å². The second-order valence-corrected chi connectivity index (χ2v) is 6.01. The largest absolute Gasteiger partial charge is 0.462 e. The molecular formula is C17H14F3NO2S. The molecule has 1 aromatic carbocycles. The number of nitrogens with one attached hydrogen (secondary N) is 1. The number of alkyl halides is 3. The molecule has 1 aliphatic rings. The molecule has 1 aromatic heterocycles. The Labute approximate surface area is 140 Å². The van der Waals surface area contributed by atoms with Gasteiger partial charge in [-0.1, -0.05) is 12.1 Å². The minimum Gasteiger partial charge on any atom is -0.462 e. The Balaban J connectivity index is 2.03. The molecule has 1 unspecified atom stereocenters. The summed E-state index contributed by atoms with van der Waals surface area (Å²) in [4.78, 5) is 12.8. The zero-order chi connectivity index (χ0) is 17.3. The predicted molar refractivity (Wildman–Crippen MR) is 85.2 cm³/mol. The molecule has 0 spiro atoms. The average Bonchev–Trinajstić information content (AvgIpc) is 3.15. The Kier molecular flexibility index (Phi) is 4.36. The van der Waals surface area contributed by atoms with Crippen molar-refractivity contribution in [2.24, 2.45) is 0 Å². The van der Waals surface area contributed by atoms with Gasteiger partial charge in [-0.3, -0.25) is 4.79 Å². The summed E-state index contributed by atoms with van der Waals surface area (Å²) < 4.78 is 44.5. The monoisotopic (exact) mass is 353 g/mol. The summed E-state index contributed by atoms with van der Waals surface area (Å²) in [6.07, 6.45) is -5.29. The second kappa shape index (κ2) is 6.32. The third-order valence-electron chi connectivity index (χ3n) is 3.61. The Bertz CT molecular complexity index is 781. The third kappa shape index (κ3) is 3.03. The summed E-state index contributed by atoms with van der Waals surface area (Å²) in [7, 11) is 0. The van der Waals surface area contributed by atoms with Crippen molar-refractivity contribution in [2.75, 3.05) is 6.54 Å². The molecule has 2 heterocycles. The Hall–Kier alpha value is -2.28. The van der Waals surface area contributed by atoms with Gasteiger partial charge in [0.05, 0.1) is 11.1 Å². The number of hydrogen-bond acceptors (Lipinski definition) is 4. The molecule has 0 saturated carbocycles. The number of Topliss-reactive ketones (excluding diaryl/α,β-unsaturated/α-hetero) is 1. The van der Waals surface area contributed by atoms with Gasteiger partial charge in [-0.2, -0.15) is 24.5 Å². The first-order valence-corrected chi connectivity index (χ1v) is 8.25. The molecule has 1 atom stereocenters. The highest BCUT2D eigenvalue weighted by Gasteiger charge is 2.38. The van der Waals surface area contributed by atoms with Crippen molar-refractivity contribution in [3.8, 4) is 0 Å². The minimum atomic E-state index is -4.47. The summed E-state index contributed by atoms with van der Waals surface area (Å²) in [6, 6.07) is 6.50. The van der Waals surface area contributed by atoms with Crippen LogP contribution in [0.25, 0.3) is 5.57 Å². The van der Waals surface area contributed by atoms with Gasteiger partial charge < -0.3 is 10.1 Å². The zero-order valence-corrected chi connectivity index (χ0v) is 13.5. The van der Waals surface area contributed by atoms with Gasteiger partial charge in [-0.15, -0.1) is 0 Å². The highest BCUT2D eigenvalue weighted by Crippen LogP contribution is 2.39. The van der Waals surface area contributed by atoms with Crippen molar-refractivity contribution >= 4 is 22.7 Å². The number of ketones is 1. The molecule has 2 aromatic rings. The first kappa shape index (κ1) is 16.6. The van der Waals surface area contributed by atoms with Gasteiger partial charge in [-0.05, 0) is 41.4 Å². The molecule has 0 radical (unpaired) electrons. The van der Waals surface area contributed by atoms with E-state index in [2.05, 4.69) is 5.32 Å². The summed E-state index contributed by atoms with van der Waals surface area (Å²) in [5.41, 5.74) is 0.250. The SMILES string of the molecule is CCNC1=C(c2cccc(C(F)(F)F)c2)C(=O)C(c2ccsc2)O1. The first-order valence-electron chi connectivity index (χ1n) is 7.30. The molecule has 0 bridgehead atoms. The molecule has 0 fully saturated rings. The van der Waals surface area contributed by atoms with E-state index in [0.717, 1.165) is 12.1 Å².